The van der Waals surface area contributed by atoms with Gasteiger partial charge in [-0.15, -0.1) is 0 Å². The van der Waals surface area contributed by atoms with Crippen molar-refractivity contribution < 1.29 is 13.9 Å². The number of aromatic nitrogens is 1. The standard InChI is InChI=1S/C27H30FN3O2S/c1-17-25(31-27(32)23-6-5-22(13-24(23)28)33-16-18-2-3-18)7-4-20-12-19(15-30-26(17)20)14-29-21-8-10-34-11-9-21/h4-7,12-13,15,18,21,29H,2-3,8-11,14,16H2,1H3,(H,31,32). The molecule has 2 fully saturated rings. The maximum Gasteiger partial charge on any atom is 0.258 e. The summed E-state index contributed by atoms with van der Waals surface area (Å²) in [4.78, 5) is 17.4. The molecule has 1 saturated carbocycles. The van der Waals surface area contributed by atoms with Gasteiger partial charge in [0.2, 0.25) is 0 Å². The molecule has 0 unspecified atom stereocenters. The van der Waals surface area contributed by atoms with Crippen molar-refractivity contribution in [1.29, 1.82) is 0 Å². The molecule has 178 valence electrons. The molecule has 7 heteroatoms. The largest absolute Gasteiger partial charge is 0.493 e. The predicted molar refractivity (Wildman–Crippen MR) is 136 cm³/mol. The summed E-state index contributed by atoms with van der Waals surface area (Å²) in [6.07, 6.45) is 6.66. The number of nitrogens with zero attached hydrogens (tertiary/aromatic N) is 1. The number of hydrogen-bond acceptors (Lipinski definition) is 5. The first-order chi connectivity index (χ1) is 16.6. The number of pyridine rings is 1. The summed E-state index contributed by atoms with van der Waals surface area (Å²) in [7, 11) is 0. The number of carbonyl (C=O) groups excluding carboxylic acids is 1. The minimum Gasteiger partial charge on any atom is -0.493 e. The highest BCUT2D eigenvalue weighted by atomic mass is 32.2. The molecule has 2 heterocycles. The Morgan fingerprint density at radius 3 is 2.74 bits per heavy atom. The molecule has 5 rings (SSSR count). The van der Waals surface area contributed by atoms with Crippen LogP contribution in [0.25, 0.3) is 10.9 Å². The van der Waals surface area contributed by atoms with Gasteiger partial charge >= 0.3 is 0 Å². The minimum absolute atomic E-state index is 0.00577. The first-order valence-corrected chi connectivity index (χ1v) is 13.2. The molecule has 5 nitrogen and oxygen atoms in total. The van der Waals surface area contributed by atoms with Gasteiger partial charge in [-0.25, -0.2) is 4.39 Å². The van der Waals surface area contributed by atoms with Crippen LogP contribution in [-0.4, -0.2) is 35.0 Å². The van der Waals surface area contributed by atoms with Crippen LogP contribution in [0.1, 0.15) is 47.2 Å². The number of amides is 1. The van der Waals surface area contributed by atoms with E-state index in [1.807, 2.05) is 37.0 Å². The Balaban J connectivity index is 1.25. The Morgan fingerprint density at radius 1 is 1.15 bits per heavy atom. The van der Waals surface area contributed by atoms with Crippen molar-refractivity contribution in [2.75, 3.05) is 23.4 Å². The number of halogens is 1. The van der Waals surface area contributed by atoms with Gasteiger partial charge in [0.15, 0.2) is 0 Å². The zero-order valence-corrected chi connectivity index (χ0v) is 20.2. The molecule has 1 aliphatic heterocycles. The fourth-order valence-corrected chi connectivity index (χ4v) is 5.35. The average molecular weight is 480 g/mol. The van der Waals surface area contributed by atoms with E-state index in [1.165, 1.54) is 49.3 Å². The number of rotatable bonds is 8. The first kappa shape index (κ1) is 23.1. The molecule has 0 atom stereocenters. The quantitative estimate of drug-likeness (QED) is 0.433. The SMILES string of the molecule is Cc1c(NC(=O)c2ccc(OCC3CC3)cc2F)ccc2cc(CNC3CCSCC3)cnc12. The smallest absolute Gasteiger partial charge is 0.258 e. The second kappa shape index (κ2) is 10.3. The Kier molecular flexibility index (Phi) is 7.02. The van der Waals surface area contributed by atoms with Crippen molar-refractivity contribution in [2.24, 2.45) is 5.92 Å². The maximum atomic E-state index is 14.6. The van der Waals surface area contributed by atoms with E-state index in [2.05, 4.69) is 21.7 Å². The normalized spacial score (nSPS) is 16.5. The van der Waals surface area contributed by atoms with Crippen LogP contribution in [0.4, 0.5) is 10.1 Å². The molecular formula is C27H30FN3O2S. The molecule has 2 N–H and O–H groups in total. The fourth-order valence-electron chi connectivity index (χ4n) is 4.25. The molecule has 1 amide bonds. The number of nitrogens with one attached hydrogen (secondary N) is 2. The van der Waals surface area contributed by atoms with Crippen molar-refractivity contribution in [3.8, 4) is 5.75 Å². The van der Waals surface area contributed by atoms with Crippen LogP contribution in [-0.2, 0) is 6.54 Å². The van der Waals surface area contributed by atoms with Crippen molar-refractivity contribution in [2.45, 2.75) is 45.2 Å². The summed E-state index contributed by atoms with van der Waals surface area (Å²) in [5.74, 6) is 2.42. The summed E-state index contributed by atoms with van der Waals surface area (Å²) in [6.45, 7) is 3.33. The van der Waals surface area contributed by atoms with Crippen molar-refractivity contribution in [1.82, 2.24) is 10.3 Å². The van der Waals surface area contributed by atoms with Gasteiger partial charge in [0.1, 0.15) is 11.6 Å². The van der Waals surface area contributed by atoms with Crippen LogP contribution in [0.15, 0.2) is 42.6 Å². The molecule has 2 aliphatic rings. The molecule has 0 radical (unpaired) electrons. The van der Waals surface area contributed by atoms with Gasteiger partial charge in [0.05, 0.1) is 17.7 Å². The number of benzene rings is 2. The lowest BCUT2D eigenvalue weighted by atomic mass is 10.1. The molecule has 0 spiro atoms. The third kappa shape index (κ3) is 5.53. The molecular weight excluding hydrogens is 449 g/mol. The molecule has 3 aromatic rings. The lowest BCUT2D eigenvalue weighted by Gasteiger charge is -2.22. The van der Waals surface area contributed by atoms with Crippen LogP contribution in [0.3, 0.4) is 0 Å². The van der Waals surface area contributed by atoms with Crippen LogP contribution in [0, 0.1) is 18.7 Å². The van der Waals surface area contributed by atoms with E-state index in [-0.39, 0.29) is 5.56 Å². The van der Waals surface area contributed by atoms with Crippen LogP contribution < -0.4 is 15.4 Å². The van der Waals surface area contributed by atoms with E-state index >= 15 is 0 Å². The number of ether oxygens (including phenoxy) is 1. The number of hydrogen-bond donors (Lipinski definition) is 2. The predicted octanol–water partition coefficient (Wildman–Crippen LogP) is 5.71. The van der Waals surface area contributed by atoms with Gasteiger partial charge in [0, 0.05) is 35.9 Å². The van der Waals surface area contributed by atoms with E-state index in [9.17, 15) is 9.18 Å². The zero-order chi connectivity index (χ0) is 23.5. The van der Waals surface area contributed by atoms with Gasteiger partial charge in [-0.2, -0.15) is 11.8 Å². The number of carbonyl (C=O) groups is 1. The molecule has 1 saturated heterocycles. The molecule has 34 heavy (non-hydrogen) atoms. The Bertz CT molecular complexity index is 1190. The Hall–Kier alpha value is -2.64. The van der Waals surface area contributed by atoms with E-state index in [4.69, 9.17) is 4.74 Å². The monoisotopic (exact) mass is 479 g/mol. The van der Waals surface area contributed by atoms with E-state index in [0.29, 0.717) is 30.0 Å². The van der Waals surface area contributed by atoms with E-state index in [0.717, 1.165) is 28.6 Å². The second-order valence-corrected chi connectivity index (χ2v) is 10.5. The Labute approximate surface area is 203 Å². The number of aryl methyl sites for hydroxylation is 1. The van der Waals surface area contributed by atoms with Crippen molar-refractivity contribution >= 4 is 34.3 Å². The lowest BCUT2D eigenvalue weighted by Crippen LogP contribution is -2.32. The third-order valence-electron chi connectivity index (χ3n) is 6.59. The van der Waals surface area contributed by atoms with Crippen LogP contribution in [0.5, 0.6) is 5.75 Å². The minimum atomic E-state index is -0.587. The van der Waals surface area contributed by atoms with Gasteiger partial charge < -0.3 is 15.4 Å². The molecule has 0 bridgehead atoms. The number of fused-ring (bicyclic) bond motifs is 1. The molecule has 1 aliphatic carbocycles. The summed E-state index contributed by atoms with van der Waals surface area (Å²) >= 11 is 2.03. The summed E-state index contributed by atoms with van der Waals surface area (Å²) < 4.78 is 20.2. The second-order valence-electron chi connectivity index (χ2n) is 9.27. The van der Waals surface area contributed by atoms with E-state index in [1.54, 1.807) is 6.07 Å². The van der Waals surface area contributed by atoms with Crippen LogP contribution >= 0.6 is 11.8 Å². The lowest BCUT2D eigenvalue weighted by molar-refractivity contribution is 0.102. The summed E-state index contributed by atoms with van der Waals surface area (Å²) in [5.41, 5.74) is 3.46. The fraction of sp³-hybridized carbons (Fsp3) is 0.407. The molecule has 2 aromatic carbocycles. The Morgan fingerprint density at radius 2 is 1.97 bits per heavy atom. The number of anilines is 1. The highest BCUT2D eigenvalue weighted by Crippen LogP contribution is 2.30. The molecule has 1 aromatic heterocycles. The average Bonchev–Trinajstić information content (AvgIpc) is 3.68. The van der Waals surface area contributed by atoms with Gasteiger partial charge in [0.25, 0.3) is 5.91 Å². The summed E-state index contributed by atoms with van der Waals surface area (Å²) in [6, 6.07) is 11.0. The third-order valence-corrected chi connectivity index (χ3v) is 7.64. The van der Waals surface area contributed by atoms with Gasteiger partial charge in [-0.3, -0.25) is 9.78 Å². The number of thioether (sulfide) groups is 1. The highest BCUT2D eigenvalue weighted by Gasteiger charge is 2.22. The zero-order valence-electron chi connectivity index (χ0n) is 19.4. The summed E-state index contributed by atoms with van der Waals surface area (Å²) in [5, 5.41) is 7.52. The van der Waals surface area contributed by atoms with Crippen molar-refractivity contribution in [3.63, 3.8) is 0 Å². The maximum absolute atomic E-state index is 14.6. The van der Waals surface area contributed by atoms with Gasteiger partial charge in [-0.05, 0) is 85.4 Å². The highest BCUT2D eigenvalue weighted by molar-refractivity contribution is 7.99. The van der Waals surface area contributed by atoms with E-state index < -0.39 is 11.7 Å². The van der Waals surface area contributed by atoms with Crippen molar-refractivity contribution in [3.05, 3.63) is 65.1 Å². The van der Waals surface area contributed by atoms with Gasteiger partial charge in [-0.1, -0.05) is 6.07 Å². The first-order valence-electron chi connectivity index (χ1n) is 12.0. The topological polar surface area (TPSA) is 63.2 Å². The van der Waals surface area contributed by atoms with Crippen LogP contribution in [0.2, 0.25) is 0 Å².